The summed E-state index contributed by atoms with van der Waals surface area (Å²) in [5.74, 6) is 2.21. The number of fused-ring (bicyclic) bond motifs is 1. The third-order valence-corrected chi connectivity index (χ3v) is 6.32. The maximum Gasteiger partial charge on any atom is 0.256 e. The second-order valence-corrected chi connectivity index (χ2v) is 8.73. The van der Waals surface area contributed by atoms with Crippen LogP contribution in [0.4, 0.5) is 5.82 Å². The number of para-hydroxylation sites is 2. The van der Waals surface area contributed by atoms with Crippen molar-refractivity contribution in [3.05, 3.63) is 90.6 Å². The highest BCUT2D eigenvalue weighted by molar-refractivity contribution is 5.96. The topological polar surface area (TPSA) is 76.1 Å². The summed E-state index contributed by atoms with van der Waals surface area (Å²) in [4.78, 5) is 21.9. The van der Waals surface area contributed by atoms with Gasteiger partial charge in [-0.1, -0.05) is 36.4 Å². The first-order chi connectivity index (χ1) is 16.7. The van der Waals surface area contributed by atoms with Crippen molar-refractivity contribution in [3.63, 3.8) is 0 Å². The van der Waals surface area contributed by atoms with Crippen molar-refractivity contribution in [2.24, 2.45) is 5.92 Å². The number of anilines is 1. The van der Waals surface area contributed by atoms with Crippen LogP contribution in [0.5, 0.6) is 11.6 Å². The molecular formula is C28H28N4O2. The molecule has 5 rings (SSSR count). The molecule has 1 aliphatic rings. The highest BCUT2D eigenvalue weighted by atomic mass is 16.5. The SMILES string of the molecule is O=C(NCC1CCC(Nc2ccc3ccccc3n2)CC1)c1cccnc1Oc1ccccc1. The van der Waals surface area contributed by atoms with Gasteiger partial charge in [0.15, 0.2) is 0 Å². The fourth-order valence-electron chi connectivity index (χ4n) is 4.44. The summed E-state index contributed by atoms with van der Waals surface area (Å²) in [5, 5.41) is 7.83. The van der Waals surface area contributed by atoms with Crippen LogP contribution in [0.1, 0.15) is 36.0 Å². The molecule has 2 heterocycles. The fourth-order valence-corrected chi connectivity index (χ4v) is 4.44. The van der Waals surface area contributed by atoms with Gasteiger partial charge in [-0.15, -0.1) is 0 Å². The lowest BCUT2D eigenvalue weighted by atomic mass is 9.86. The van der Waals surface area contributed by atoms with Crippen molar-refractivity contribution in [2.45, 2.75) is 31.7 Å². The Kier molecular flexibility index (Phi) is 6.66. The van der Waals surface area contributed by atoms with Crippen LogP contribution in [0, 0.1) is 5.92 Å². The van der Waals surface area contributed by atoms with E-state index in [1.165, 1.54) is 0 Å². The molecule has 0 saturated heterocycles. The number of hydrogen-bond donors (Lipinski definition) is 2. The molecule has 34 heavy (non-hydrogen) atoms. The van der Waals surface area contributed by atoms with Crippen LogP contribution in [0.3, 0.4) is 0 Å². The molecule has 2 N–H and O–H groups in total. The molecule has 0 aliphatic heterocycles. The molecule has 1 fully saturated rings. The van der Waals surface area contributed by atoms with Gasteiger partial charge in [-0.3, -0.25) is 4.79 Å². The number of hydrogen-bond acceptors (Lipinski definition) is 5. The van der Waals surface area contributed by atoms with Gasteiger partial charge in [0.2, 0.25) is 5.88 Å². The lowest BCUT2D eigenvalue weighted by Gasteiger charge is -2.29. The molecule has 0 atom stereocenters. The normalized spacial score (nSPS) is 17.8. The van der Waals surface area contributed by atoms with E-state index in [9.17, 15) is 4.79 Å². The van der Waals surface area contributed by atoms with Gasteiger partial charge in [0.25, 0.3) is 5.91 Å². The molecule has 0 bridgehead atoms. The van der Waals surface area contributed by atoms with Crippen molar-refractivity contribution < 1.29 is 9.53 Å². The number of nitrogens with one attached hydrogen (secondary N) is 2. The molecule has 0 radical (unpaired) electrons. The Morgan fingerprint density at radius 2 is 1.68 bits per heavy atom. The highest BCUT2D eigenvalue weighted by Gasteiger charge is 2.23. The van der Waals surface area contributed by atoms with E-state index in [2.05, 4.69) is 33.8 Å². The number of benzene rings is 2. The Labute approximate surface area is 199 Å². The average Bonchev–Trinajstić information content (AvgIpc) is 2.89. The van der Waals surface area contributed by atoms with Crippen LogP contribution in [0.15, 0.2) is 85.1 Å². The smallest absolute Gasteiger partial charge is 0.256 e. The van der Waals surface area contributed by atoms with Gasteiger partial charge in [0, 0.05) is 24.2 Å². The summed E-state index contributed by atoms with van der Waals surface area (Å²) in [5.41, 5.74) is 1.46. The molecular weight excluding hydrogens is 424 g/mol. The van der Waals surface area contributed by atoms with Gasteiger partial charge < -0.3 is 15.4 Å². The van der Waals surface area contributed by atoms with Gasteiger partial charge in [-0.2, -0.15) is 0 Å². The number of nitrogens with zero attached hydrogens (tertiary/aromatic N) is 2. The maximum atomic E-state index is 12.9. The molecule has 0 unspecified atom stereocenters. The molecule has 4 aromatic rings. The number of amides is 1. The lowest BCUT2D eigenvalue weighted by molar-refractivity contribution is 0.0940. The Hall–Kier alpha value is -3.93. The van der Waals surface area contributed by atoms with Crippen LogP contribution < -0.4 is 15.4 Å². The van der Waals surface area contributed by atoms with E-state index in [0.29, 0.717) is 35.7 Å². The molecule has 1 aliphatic carbocycles. The van der Waals surface area contributed by atoms with E-state index in [1.807, 2.05) is 48.5 Å². The molecule has 2 aromatic heterocycles. The zero-order valence-electron chi connectivity index (χ0n) is 19.0. The van der Waals surface area contributed by atoms with E-state index < -0.39 is 0 Å². The summed E-state index contributed by atoms with van der Waals surface area (Å²) in [6.07, 6.45) is 5.88. The molecule has 1 saturated carbocycles. The molecule has 1 amide bonds. The van der Waals surface area contributed by atoms with Crippen molar-refractivity contribution in [1.29, 1.82) is 0 Å². The summed E-state index contributed by atoms with van der Waals surface area (Å²) < 4.78 is 5.83. The second-order valence-electron chi connectivity index (χ2n) is 8.73. The summed E-state index contributed by atoms with van der Waals surface area (Å²) in [6, 6.07) is 25.6. The quantitative estimate of drug-likeness (QED) is 0.369. The predicted octanol–water partition coefficient (Wildman–Crippen LogP) is 5.82. The van der Waals surface area contributed by atoms with Gasteiger partial charge in [-0.25, -0.2) is 9.97 Å². The first kappa shape index (κ1) is 21.9. The summed E-state index contributed by atoms with van der Waals surface area (Å²) >= 11 is 0. The number of aromatic nitrogens is 2. The highest BCUT2D eigenvalue weighted by Crippen LogP contribution is 2.27. The van der Waals surface area contributed by atoms with Crippen molar-refractivity contribution in [2.75, 3.05) is 11.9 Å². The third kappa shape index (κ3) is 5.34. The van der Waals surface area contributed by atoms with E-state index in [-0.39, 0.29) is 5.91 Å². The summed E-state index contributed by atoms with van der Waals surface area (Å²) in [7, 11) is 0. The zero-order valence-corrected chi connectivity index (χ0v) is 19.0. The van der Waals surface area contributed by atoms with E-state index in [4.69, 9.17) is 9.72 Å². The van der Waals surface area contributed by atoms with Crippen molar-refractivity contribution in [3.8, 4) is 11.6 Å². The van der Waals surface area contributed by atoms with Crippen molar-refractivity contribution in [1.82, 2.24) is 15.3 Å². The van der Waals surface area contributed by atoms with Gasteiger partial charge >= 0.3 is 0 Å². The van der Waals surface area contributed by atoms with Crippen LogP contribution >= 0.6 is 0 Å². The molecule has 6 heteroatoms. The van der Waals surface area contributed by atoms with Crippen molar-refractivity contribution >= 4 is 22.6 Å². The average molecular weight is 453 g/mol. The maximum absolute atomic E-state index is 12.9. The standard InChI is InChI=1S/C28H28N4O2/c33-27(24-10-6-18-29-28(24)34-23-8-2-1-3-9-23)30-19-20-12-15-22(16-13-20)31-26-17-14-21-7-4-5-11-25(21)32-26/h1-11,14,17-18,20,22H,12-13,15-16,19H2,(H,30,33)(H,31,32). The van der Waals surface area contributed by atoms with Gasteiger partial charge in [0.05, 0.1) is 5.52 Å². The van der Waals surface area contributed by atoms with Crippen LogP contribution in [-0.2, 0) is 0 Å². The van der Waals surface area contributed by atoms with E-state index in [0.717, 1.165) is 42.4 Å². The zero-order chi connectivity index (χ0) is 23.2. The molecule has 0 spiro atoms. The van der Waals surface area contributed by atoms with Crippen LogP contribution in [-0.4, -0.2) is 28.5 Å². The third-order valence-electron chi connectivity index (χ3n) is 6.32. The number of carbonyl (C=O) groups excluding carboxylic acids is 1. The monoisotopic (exact) mass is 452 g/mol. The molecule has 6 nitrogen and oxygen atoms in total. The molecule has 172 valence electrons. The first-order valence-electron chi connectivity index (χ1n) is 11.8. The molecule has 2 aromatic carbocycles. The lowest BCUT2D eigenvalue weighted by Crippen LogP contribution is -2.34. The second kappa shape index (κ2) is 10.3. The van der Waals surface area contributed by atoms with Gasteiger partial charge in [0.1, 0.15) is 17.1 Å². The van der Waals surface area contributed by atoms with E-state index >= 15 is 0 Å². The Balaban J connectivity index is 1.12. The van der Waals surface area contributed by atoms with E-state index in [1.54, 1.807) is 18.3 Å². The Morgan fingerprint density at radius 3 is 2.53 bits per heavy atom. The predicted molar refractivity (Wildman–Crippen MR) is 134 cm³/mol. The summed E-state index contributed by atoms with van der Waals surface area (Å²) in [6.45, 7) is 0.652. The Bertz CT molecular complexity index is 1250. The first-order valence-corrected chi connectivity index (χ1v) is 11.8. The van der Waals surface area contributed by atoms with Gasteiger partial charge in [-0.05, 0) is 74.1 Å². The number of carbonyl (C=O) groups is 1. The van der Waals surface area contributed by atoms with Crippen LogP contribution in [0.2, 0.25) is 0 Å². The number of ether oxygens (including phenoxy) is 1. The fraction of sp³-hybridized carbons (Fsp3) is 0.250. The van der Waals surface area contributed by atoms with Crippen LogP contribution in [0.25, 0.3) is 10.9 Å². The number of rotatable bonds is 7. The minimum Gasteiger partial charge on any atom is -0.438 e. The number of pyridine rings is 2. The minimum atomic E-state index is -0.153. The Morgan fingerprint density at radius 1 is 0.882 bits per heavy atom. The minimum absolute atomic E-state index is 0.153. The largest absolute Gasteiger partial charge is 0.438 e.